The first kappa shape index (κ1) is 16.2. The number of nitrogens with one attached hydrogen (secondary N) is 3. The maximum Gasteiger partial charge on any atom is 0.319 e. The predicted molar refractivity (Wildman–Crippen MR) is 91.4 cm³/mol. The summed E-state index contributed by atoms with van der Waals surface area (Å²) < 4.78 is 10.8. The number of H-pyrrole nitrogens is 1. The van der Waals surface area contributed by atoms with Crippen molar-refractivity contribution in [3.63, 3.8) is 0 Å². The normalized spacial score (nSPS) is 12.5. The molecule has 0 aliphatic carbocycles. The molecule has 0 fully saturated rings. The molecule has 0 atom stereocenters. The molecule has 128 valence electrons. The summed E-state index contributed by atoms with van der Waals surface area (Å²) in [6.07, 6.45) is 1.75. The molecule has 7 nitrogen and oxygen atoms in total. The second-order valence-corrected chi connectivity index (χ2v) is 6.00. The Morgan fingerprint density at radius 1 is 1.33 bits per heavy atom. The van der Waals surface area contributed by atoms with Crippen LogP contribution in [-0.2, 0) is 6.42 Å². The average molecular weight is 330 g/mol. The Labute approximate surface area is 140 Å². The van der Waals surface area contributed by atoms with Gasteiger partial charge in [-0.15, -0.1) is 0 Å². The van der Waals surface area contributed by atoms with E-state index in [-0.39, 0.29) is 18.9 Å². The minimum Gasteiger partial charge on any atom is -0.454 e. The van der Waals surface area contributed by atoms with Gasteiger partial charge in [0.1, 0.15) is 5.69 Å². The van der Waals surface area contributed by atoms with Crippen LogP contribution >= 0.6 is 0 Å². The Hall–Kier alpha value is -2.70. The molecule has 24 heavy (non-hydrogen) atoms. The number of anilines is 1. The van der Waals surface area contributed by atoms with Crippen molar-refractivity contribution in [3.8, 4) is 22.8 Å². The monoisotopic (exact) mass is 330 g/mol. The van der Waals surface area contributed by atoms with Gasteiger partial charge in [-0.3, -0.25) is 5.10 Å². The highest BCUT2D eigenvalue weighted by Gasteiger charge is 2.20. The zero-order valence-corrected chi connectivity index (χ0v) is 14.1. The highest BCUT2D eigenvalue weighted by molar-refractivity contribution is 5.94. The number of benzene rings is 1. The number of hydrogen-bond donors (Lipinski definition) is 3. The number of amides is 2. The summed E-state index contributed by atoms with van der Waals surface area (Å²) in [4.78, 5) is 12.1. The van der Waals surface area contributed by atoms with Crippen molar-refractivity contribution >= 4 is 11.7 Å². The highest BCUT2D eigenvalue weighted by Crippen LogP contribution is 2.38. The molecule has 2 aromatic rings. The lowest BCUT2D eigenvalue weighted by molar-refractivity contribution is 0.174. The molecule has 2 amide bonds. The summed E-state index contributed by atoms with van der Waals surface area (Å²) in [7, 11) is 0. The Bertz CT molecular complexity index is 739. The molecule has 1 aromatic carbocycles. The van der Waals surface area contributed by atoms with Gasteiger partial charge in [0.2, 0.25) is 6.79 Å². The van der Waals surface area contributed by atoms with E-state index in [4.69, 9.17) is 9.47 Å². The van der Waals surface area contributed by atoms with Crippen LogP contribution in [0.15, 0.2) is 18.2 Å². The number of rotatable bonds is 5. The Kier molecular flexibility index (Phi) is 4.59. The van der Waals surface area contributed by atoms with Crippen LogP contribution in [0.5, 0.6) is 11.5 Å². The number of nitrogens with zero attached hydrogens (tertiary/aromatic N) is 1. The second kappa shape index (κ2) is 6.82. The molecule has 1 aliphatic rings. The number of aromatic amines is 1. The van der Waals surface area contributed by atoms with Crippen molar-refractivity contribution in [2.24, 2.45) is 0 Å². The molecule has 2 heterocycles. The standard InChI is InChI=1S/C17H22N4O3/c1-4-5-12-16(19-17(22)18-10(2)3)15(21-20-12)11-6-7-13-14(8-11)24-9-23-13/h6-8,10H,4-5,9H2,1-3H3,(H,20,21)(H2,18,19,22). The third-order valence-electron chi connectivity index (χ3n) is 3.65. The van der Waals surface area contributed by atoms with Gasteiger partial charge < -0.3 is 20.1 Å². The number of carbonyl (C=O) groups excluding carboxylic acids is 1. The quantitative estimate of drug-likeness (QED) is 0.785. The topological polar surface area (TPSA) is 88.3 Å². The summed E-state index contributed by atoms with van der Waals surface area (Å²) in [5, 5.41) is 13.2. The Morgan fingerprint density at radius 2 is 2.12 bits per heavy atom. The first-order valence-electron chi connectivity index (χ1n) is 8.13. The van der Waals surface area contributed by atoms with Gasteiger partial charge in [-0.2, -0.15) is 5.10 Å². The fourth-order valence-corrected chi connectivity index (χ4v) is 2.61. The number of ether oxygens (including phenoxy) is 2. The Morgan fingerprint density at radius 3 is 2.88 bits per heavy atom. The lowest BCUT2D eigenvalue weighted by Crippen LogP contribution is -2.34. The summed E-state index contributed by atoms with van der Waals surface area (Å²) in [5.74, 6) is 1.40. The smallest absolute Gasteiger partial charge is 0.319 e. The van der Waals surface area contributed by atoms with Crippen LogP contribution in [0.1, 0.15) is 32.9 Å². The van der Waals surface area contributed by atoms with Gasteiger partial charge in [0.05, 0.1) is 11.4 Å². The molecule has 0 spiro atoms. The number of urea groups is 1. The van der Waals surface area contributed by atoms with E-state index >= 15 is 0 Å². The molecule has 7 heteroatoms. The summed E-state index contributed by atoms with van der Waals surface area (Å²) in [5.41, 5.74) is 3.16. The SMILES string of the molecule is CCCc1[nH]nc(-c2ccc3c(c2)OCO3)c1NC(=O)NC(C)C. The van der Waals surface area contributed by atoms with Crippen molar-refractivity contribution in [1.82, 2.24) is 15.5 Å². The molecule has 0 saturated carbocycles. The van der Waals surface area contributed by atoms with Gasteiger partial charge in [0, 0.05) is 11.6 Å². The van der Waals surface area contributed by atoms with Crippen molar-refractivity contribution in [1.29, 1.82) is 0 Å². The van der Waals surface area contributed by atoms with E-state index in [0.717, 1.165) is 29.8 Å². The minimum absolute atomic E-state index is 0.0560. The Balaban J connectivity index is 1.94. The van der Waals surface area contributed by atoms with Crippen molar-refractivity contribution in [3.05, 3.63) is 23.9 Å². The largest absolute Gasteiger partial charge is 0.454 e. The molecular weight excluding hydrogens is 308 g/mol. The van der Waals surface area contributed by atoms with E-state index in [0.29, 0.717) is 17.1 Å². The van der Waals surface area contributed by atoms with Crippen molar-refractivity contribution in [2.75, 3.05) is 12.1 Å². The van der Waals surface area contributed by atoms with Crippen molar-refractivity contribution < 1.29 is 14.3 Å². The summed E-state index contributed by atoms with van der Waals surface area (Å²) in [6, 6.07) is 5.44. The molecule has 1 aromatic heterocycles. The number of fused-ring (bicyclic) bond motifs is 1. The van der Waals surface area contributed by atoms with Gasteiger partial charge in [0.25, 0.3) is 0 Å². The fourth-order valence-electron chi connectivity index (χ4n) is 2.61. The molecule has 0 bridgehead atoms. The molecule has 0 radical (unpaired) electrons. The van der Waals surface area contributed by atoms with Crippen molar-refractivity contribution in [2.45, 2.75) is 39.7 Å². The predicted octanol–water partition coefficient (Wildman–Crippen LogP) is 3.29. The van der Waals surface area contributed by atoms with Crippen LogP contribution in [0, 0.1) is 0 Å². The molecule has 3 rings (SSSR count). The van der Waals surface area contributed by atoms with E-state index < -0.39 is 0 Å². The van der Waals surface area contributed by atoms with Crippen LogP contribution in [0.4, 0.5) is 10.5 Å². The maximum absolute atomic E-state index is 12.1. The van der Waals surface area contributed by atoms with Crippen LogP contribution < -0.4 is 20.1 Å². The van der Waals surface area contributed by atoms with Gasteiger partial charge in [0.15, 0.2) is 11.5 Å². The van der Waals surface area contributed by atoms with E-state index in [2.05, 4.69) is 27.8 Å². The summed E-state index contributed by atoms with van der Waals surface area (Å²) in [6.45, 7) is 6.14. The van der Waals surface area contributed by atoms with Crippen LogP contribution in [0.2, 0.25) is 0 Å². The van der Waals surface area contributed by atoms with E-state index in [9.17, 15) is 4.79 Å². The number of aryl methyl sites for hydroxylation is 1. The van der Waals surface area contributed by atoms with Gasteiger partial charge in [-0.05, 0) is 38.5 Å². The summed E-state index contributed by atoms with van der Waals surface area (Å²) >= 11 is 0. The molecule has 0 unspecified atom stereocenters. The number of hydrogen-bond acceptors (Lipinski definition) is 4. The molecule has 1 aliphatic heterocycles. The zero-order valence-electron chi connectivity index (χ0n) is 14.1. The molecule has 0 saturated heterocycles. The highest BCUT2D eigenvalue weighted by atomic mass is 16.7. The van der Waals surface area contributed by atoms with Crippen LogP contribution in [0.25, 0.3) is 11.3 Å². The number of carbonyl (C=O) groups is 1. The lowest BCUT2D eigenvalue weighted by atomic mass is 10.1. The van der Waals surface area contributed by atoms with E-state index in [1.54, 1.807) is 0 Å². The minimum atomic E-state index is -0.245. The molecular formula is C17H22N4O3. The third-order valence-corrected chi connectivity index (χ3v) is 3.65. The number of aromatic nitrogens is 2. The maximum atomic E-state index is 12.1. The zero-order chi connectivity index (χ0) is 17.1. The first-order chi connectivity index (χ1) is 11.6. The lowest BCUT2D eigenvalue weighted by Gasteiger charge is -2.12. The second-order valence-electron chi connectivity index (χ2n) is 6.00. The first-order valence-corrected chi connectivity index (χ1v) is 8.13. The van der Waals surface area contributed by atoms with Gasteiger partial charge in [-0.25, -0.2) is 4.79 Å². The van der Waals surface area contributed by atoms with E-state index in [1.807, 2.05) is 32.0 Å². The van der Waals surface area contributed by atoms with Gasteiger partial charge in [-0.1, -0.05) is 13.3 Å². The molecule has 3 N–H and O–H groups in total. The average Bonchev–Trinajstić information content (AvgIpc) is 3.13. The fraction of sp³-hybridized carbons (Fsp3) is 0.412. The van der Waals surface area contributed by atoms with Crippen LogP contribution in [0.3, 0.4) is 0 Å². The van der Waals surface area contributed by atoms with Gasteiger partial charge >= 0.3 is 6.03 Å². The third kappa shape index (κ3) is 3.29. The van der Waals surface area contributed by atoms with Crippen LogP contribution in [-0.4, -0.2) is 29.1 Å². The van der Waals surface area contributed by atoms with E-state index in [1.165, 1.54) is 0 Å².